The first-order valence-corrected chi connectivity index (χ1v) is 6.29. The van der Waals surface area contributed by atoms with Crippen LogP contribution in [-0.4, -0.2) is 56.6 Å². The van der Waals surface area contributed by atoms with Crippen LogP contribution in [0, 0.1) is 5.92 Å². The maximum atomic E-state index is 5.59. The molecule has 1 saturated heterocycles. The standard InChI is InChI=1S/C12H27N3/c1-14(2)8-3-9-15-10-5-12(4-7-13)6-11-15/h12H,3-11,13H2,1-2H3. The summed E-state index contributed by atoms with van der Waals surface area (Å²) in [5.41, 5.74) is 5.59. The highest BCUT2D eigenvalue weighted by Crippen LogP contribution is 2.19. The van der Waals surface area contributed by atoms with Crippen molar-refractivity contribution < 1.29 is 0 Å². The Labute approximate surface area is 94.6 Å². The van der Waals surface area contributed by atoms with Crippen molar-refractivity contribution in [3.05, 3.63) is 0 Å². The van der Waals surface area contributed by atoms with Gasteiger partial charge < -0.3 is 15.5 Å². The first-order chi connectivity index (χ1) is 7.22. The fraction of sp³-hybridized carbons (Fsp3) is 1.00. The molecule has 1 aliphatic heterocycles. The normalized spacial score (nSPS) is 20.0. The third-order valence-corrected chi connectivity index (χ3v) is 3.36. The molecule has 1 fully saturated rings. The molecule has 90 valence electrons. The number of nitrogens with zero attached hydrogens (tertiary/aromatic N) is 2. The molecule has 15 heavy (non-hydrogen) atoms. The largest absolute Gasteiger partial charge is 0.330 e. The highest BCUT2D eigenvalue weighted by molar-refractivity contribution is 4.72. The number of hydrogen-bond acceptors (Lipinski definition) is 3. The SMILES string of the molecule is CN(C)CCCN1CCC(CCN)CC1. The van der Waals surface area contributed by atoms with Gasteiger partial charge in [-0.15, -0.1) is 0 Å². The monoisotopic (exact) mass is 213 g/mol. The van der Waals surface area contributed by atoms with Crippen LogP contribution in [0.2, 0.25) is 0 Å². The molecular weight excluding hydrogens is 186 g/mol. The van der Waals surface area contributed by atoms with Crippen molar-refractivity contribution in [3.8, 4) is 0 Å². The van der Waals surface area contributed by atoms with E-state index < -0.39 is 0 Å². The summed E-state index contributed by atoms with van der Waals surface area (Å²) in [6.45, 7) is 5.93. The minimum atomic E-state index is 0.866. The van der Waals surface area contributed by atoms with Crippen LogP contribution in [0.4, 0.5) is 0 Å². The Morgan fingerprint density at radius 1 is 1.27 bits per heavy atom. The average molecular weight is 213 g/mol. The van der Waals surface area contributed by atoms with E-state index in [4.69, 9.17) is 5.73 Å². The smallest absolute Gasteiger partial charge is 0.000655 e. The molecule has 0 aromatic carbocycles. The molecule has 0 unspecified atom stereocenters. The lowest BCUT2D eigenvalue weighted by Gasteiger charge is -2.32. The van der Waals surface area contributed by atoms with Crippen LogP contribution in [-0.2, 0) is 0 Å². The molecule has 0 saturated carbocycles. The molecule has 3 nitrogen and oxygen atoms in total. The number of rotatable bonds is 6. The molecule has 0 atom stereocenters. The zero-order valence-electron chi connectivity index (χ0n) is 10.4. The van der Waals surface area contributed by atoms with Crippen LogP contribution in [0.25, 0.3) is 0 Å². The first kappa shape index (κ1) is 12.9. The molecule has 0 aromatic heterocycles. The van der Waals surface area contributed by atoms with Crippen LogP contribution >= 0.6 is 0 Å². The van der Waals surface area contributed by atoms with Gasteiger partial charge in [0.05, 0.1) is 0 Å². The zero-order valence-corrected chi connectivity index (χ0v) is 10.4. The molecular formula is C12H27N3. The van der Waals surface area contributed by atoms with Crippen molar-refractivity contribution in [1.82, 2.24) is 9.80 Å². The lowest BCUT2D eigenvalue weighted by molar-refractivity contribution is 0.174. The second kappa shape index (κ2) is 7.20. The number of likely N-dealkylation sites (tertiary alicyclic amines) is 1. The van der Waals surface area contributed by atoms with E-state index in [1.165, 1.54) is 51.9 Å². The van der Waals surface area contributed by atoms with Crippen molar-refractivity contribution in [2.24, 2.45) is 11.7 Å². The zero-order chi connectivity index (χ0) is 11.1. The minimum absolute atomic E-state index is 0.866. The molecule has 1 heterocycles. The summed E-state index contributed by atoms with van der Waals surface area (Å²) in [5, 5.41) is 0. The summed E-state index contributed by atoms with van der Waals surface area (Å²) in [6, 6.07) is 0. The van der Waals surface area contributed by atoms with E-state index in [9.17, 15) is 0 Å². The summed E-state index contributed by atoms with van der Waals surface area (Å²) < 4.78 is 0. The quantitative estimate of drug-likeness (QED) is 0.714. The topological polar surface area (TPSA) is 32.5 Å². The molecule has 0 spiro atoms. The molecule has 3 heteroatoms. The van der Waals surface area contributed by atoms with Crippen LogP contribution < -0.4 is 5.73 Å². The first-order valence-electron chi connectivity index (χ1n) is 6.29. The summed E-state index contributed by atoms with van der Waals surface area (Å²) in [4.78, 5) is 4.87. The van der Waals surface area contributed by atoms with Gasteiger partial charge >= 0.3 is 0 Å². The Morgan fingerprint density at radius 2 is 1.93 bits per heavy atom. The number of piperidine rings is 1. The predicted octanol–water partition coefficient (Wildman–Crippen LogP) is 0.999. The second-order valence-corrected chi connectivity index (χ2v) is 5.02. The highest BCUT2D eigenvalue weighted by Gasteiger charge is 2.17. The molecule has 1 aliphatic rings. The average Bonchev–Trinajstić information content (AvgIpc) is 2.20. The lowest BCUT2D eigenvalue weighted by atomic mass is 9.93. The van der Waals surface area contributed by atoms with E-state index in [1.807, 2.05) is 0 Å². The number of nitrogens with two attached hydrogens (primary N) is 1. The van der Waals surface area contributed by atoms with Crippen LogP contribution in [0.1, 0.15) is 25.7 Å². The van der Waals surface area contributed by atoms with Gasteiger partial charge in [-0.25, -0.2) is 0 Å². The van der Waals surface area contributed by atoms with Gasteiger partial charge in [0.2, 0.25) is 0 Å². The summed E-state index contributed by atoms with van der Waals surface area (Å²) >= 11 is 0. The maximum absolute atomic E-state index is 5.59. The molecule has 1 rings (SSSR count). The minimum Gasteiger partial charge on any atom is -0.330 e. The van der Waals surface area contributed by atoms with Crippen LogP contribution in [0.3, 0.4) is 0 Å². The van der Waals surface area contributed by atoms with E-state index in [2.05, 4.69) is 23.9 Å². The highest BCUT2D eigenvalue weighted by atomic mass is 15.1. The molecule has 2 N–H and O–H groups in total. The van der Waals surface area contributed by atoms with Crippen molar-refractivity contribution in [1.29, 1.82) is 0 Å². The van der Waals surface area contributed by atoms with Gasteiger partial charge in [-0.1, -0.05) is 0 Å². The summed E-state index contributed by atoms with van der Waals surface area (Å²) in [7, 11) is 4.29. The Balaban J connectivity index is 2.04. The van der Waals surface area contributed by atoms with Gasteiger partial charge in [-0.05, 0) is 78.4 Å². The van der Waals surface area contributed by atoms with Crippen molar-refractivity contribution in [2.45, 2.75) is 25.7 Å². The Hall–Kier alpha value is -0.120. The predicted molar refractivity (Wildman–Crippen MR) is 66.0 cm³/mol. The second-order valence-electron chi connectivity index (χ2n) is 5.02. The van der Waals surface area contributed by atoms with E-state index in [0.29, 0.717) is 0 Å². The van der Waals surface area contributed by atoms with Gasteiger partial charge in [0.25, 0.3) is 0 Å². The van der Waals surface area contributed by atoms with Gasteiger partial charge in [0, 0.05) is 0 Å². The molecule has 0 radical (unpaired) electrons. The maximum Gasteiger partial charge on any atom is -0.000655 e. The van der Waals surface area contributed by atoms with Gasteiger partial charge in [0.15, 0.2) is 0 Å². The van der Waals surface area contributed by atoms with Gasteiger partial charge in [-0.2, -0.15) is 0 Å². The molecule has 0 aliphatic carbocycles. The Morgan fingerprint density at radius 3 is 2.47 bits per heavy atom. The van der Waals surface area contributed by atoms with Gasteiger partial charge in [-0.3, -0.25) is 0 Å². The van der Waals surface area contributed by atoms with Crippen molar-refractivity contribution >= 4 is 0 Å². The van der Waals surface area contributed by atoms with E-state index in [1.54, 1.807) is 0 Å². The van der Waals surface area contributed by atoms with Crippen molar-refractivity contribution in [3.63, 3.8) is 0 Å². The number of hydrogen-bond donors (Lipinski definition) is 1. The van der Waals surface area contributed by atoms with Crippen molar-refractivity contribution in [2.75, 3.05) is 46.8 Å². The Kier molecular flexibility index (Phi) is 6.22. The van der Waals surface area contributed by atoms with Crippen LogP contribution in [0.15, 0.2) is 0 Å². The summed E-state index contributed by atoms with van der Waals surface area (Å²) in [6.07, 6.45) is 5.25. The fourth-order valence-corrected chi connectivity index (χ4v) is 2.34. The molecule has 0 aromatic rings. The third-order valence-electron chi connectivity index (χ3n) is 3.36. The van der Waals surface area contributed by atoms with Gasteiger partial charge in [0.1, 0.15) is 0 Å². The van der Waals surface area contributed by atoms with E-state index in [0.717, 1.165) is 12.5 Å². The van der Waals surface area contributed by atoms with E-state index >= 15 is 0 Å². The van der Waals surface area contributed by atoms with E-state index in [-0.39, 0.29) is 0 Å². The lowest BCUT2D eigenvalue weighted by Crippen LogP contribution is -2.35. The third kappa shape index (κ3) is 5.50. The molecule has 0 bridgehead atoms. The Bertz CT molecular complexity index is 151. The van der Waals surface area contributed by atoms with Crippen LogP contribution in [0.5, 0.6) is 0 Å². The summed E-state index contributed by atoms with van der Waals surface area (Å²) in [5.74, 6) is 0.903. The molecule has 0 amide bonds. The fourth-order valence-electron chi connectivity index (χ4n) is 2.34.